The summed E-state index contributed by atoms with van der Waals surface area (Å²) in [5, 5.41) is 6.89. The molecule has 1 rings (SSSR count). The second-order valence-electron chi connectivity index (χ2n) is 2.44. The molecule has 1 aliphatic heterocycles. The maximum Gasteiger partial charge on any atom is 0.333 e. The molecule has 1 aliphatic rings. The molecule has 0 radical (unpaired) electrons. The lowest BCUT2D eigenvalue weighted by atomic mass is 10.4. The minimum absolute atomic E-state index is 0.142. The summed E-state index contributed by atoms with van der Waals surface area (Å²) in [5.74, 6) is -0.337. The van der Waals surface area contributed by atoms with Crippen LogP contribution in [-0.2, 0) is 19.1 Å². The van der Waals surface area contributed by atoms with Gasteiger partial charge in [-0.15, -0.1) is 0 Å². The molecule has 0 amide bonds. The summed E-state index contributed by atoms with van der Waals surface area (Å²) in [5.41, 5.74) is 0.431. The highest BCUT2D eigenvalue weighted by molar-refractivity contribution is 5.86. The molecule has 1 N–H and O–H groups in total. The number of carbonyl (C=O) groups is 2. The van der Waals surface area contributed by atoms with Crippen LogP contribution in [0.25, 0.3) is 0 Å². The standard InChI is InChI=1S/C7H10O3.CH2O2/c1-5(2)7(8)10-4-6-3-9-6;2-1-3/h6H,1,3-4H2,2H3;1H,(H,2,3). The van der Waals surface area contributed by atoms with Gasteiger partial charge in [-0.25, -0.2) is 4.79 Å². The quantitative estimate of drug-likeness (QED) is 0.296. The first-order chi connectivity index (χ1) is 6.11. The summed E-state index contributed by atoms with van der Waals surface area (Å²) in [4.78, 5) is 19.1. The van der Waals surface area contributed by atoms with E-state index in [1.54, 1.807) is 6.92 Å². The number of esters is 1. The van der Waals surface area contributed by atoms with Crippen LogP contribution in [0.4, 0.5) is 0 Å². The van der Waals surface area contributed by atoms with Crippen LogP contribution in [0.1, 0.15) is 6.92 Å². The zero-order valence-corrected chi connectivity index (χ0v) is 7.36. The normalized spacial score (nSPS) is 17.8. The molecule has 0 spiro atoms. The number of epoxide rings is 1. The van der Waals surface area contributed by atoms with Crippen LogP contribution in [0.15, 0.2) is 12.2 Å². The third kappa shape index (κ3) is 7.02. The van der Waals surface area contributed by atoms with Gasteiger partial charge in [-0.1, -0.05) is 6.58 Å². The fourth-order valence-corrected chi connectivity index (χ4v) is 0.456. The second kappa shape index (κ2) is 6.19. The van der Waals surface area contributed by atoms with Gasteiger partial charge in [0.05, 0.1) is 6.61 Å². The van der Waals surface area contributed by atoms with Gasteiger partial charge in [-0.3, -0.25) is 4.79 Å². The fraction of sp³-hybridized carbons (Fsp3) is 0.500. The van der Waals surface area contributed by atoms with E-state index in [0.29, 0.717) is 18.8 Å². The summed E-state index contributed by atoms with van der Waals surface area (Å²) < 4.78 is 9.60. The molecule has 1 saturated heterocycles. The number of carboxylic acid groups (broad SMARTS) is 1. The maximum absolute atomic E-state index is 10.7. The minimum atomic E-state index is -0.337. The Labute approximate surface area is 75.9 Å². The van der Waals surface area contributed by atoms with Crippen molar-refractivity contribution in [1.82, 2.24) is 0 Å². The van der Waals surface area contributed by atoms with Crippen LogP contribution >= 0.6 is 0 Å². The highest BCUT2D eigenvalue weighted by Gasteiger charge is 2.24. The van der Waals surface area contributed by atoms with Crippen LogP contribution in [0, 0.1) is 0 Å². The number of ether oxygens (including phenoxy) is 2. The topological polar surface area (TPSA) is 76.1 Å². The van der Waals surface area contributed by atoms with E-state index in [4.69, 9.17) is 19.4 Å². The van der Waals surface area contributed by atoms with Crippen LogP contribution in [0.5, 0.6) is 0 Å². The monoisotopic (exact) mass is 188 g/mol. The van der Waals surface area contributed by atoms with Gasteiger partial charge < -0.3 is 14.6 Å². The molecule has 1 fully saturated rings. The zero-order valence-electron chi connectivity index (χ0n) is 7.36. The van der Waals surface area contributed by atoms with Crippen molar-refractivity contribution < 1.29 is 24.2 Å². The summed E-state index contributed by atoms with van der Waals surface area (Å²) >= 11 is 0. The highest BCUT2D eigenvalue weighted by Crippen LogP contribution is 2.09. The Balaban J connectivity index is 0.000000424. The first-order valence-corrected chi connectivity index (χ1v) is 3.64. The van der Waals surface area contributed by atoms with Crippen LogP contribution < -0.4 is 0 Å². The van der Waals surface area contributed by atoms with E-state index >= 15 is 0 Å². The second-order valence-corrected chi connectivity index (χ2v) is 2.44. The highest BCUT2D eigenvalue weighted by atomic mass is 16.6. The average Bonchev–Trinajstić information content (AvgIpc) is 2.84. The maximum atomic E-state index is 10.7. The summed E-state index contributed by atoms with van der Waals surface area (Å²) in [7, 11) is 0. The van der Waals surface area contributed by atoms with Crippen molar-refractivity contribution in [1.29, 1.82) is 0 Å². The van der Waals surface area contributed by atoms with Crippen molar-refractivity contribution in [2.75, 3.05) is 13.2 Å². The molecule has 0 aromatic heterocycles. The number of carbonyl (C=O) groups excluding carboxylic acids is 1. The van der Waals surface area contributed by atoms with Crippen molar-refractivity contribution in [3.05, 3.63) is 12.2 Å². The Morgan fingerprint density at radius 3 is 2.62 bits per heavy atom. The van der Waals surface area contributed by atoms with Crippen molar-refractivity contribution in [3.63, 3.8) is 0 Å². The summed E-state index contributed by atoms with van der Waals surface area (Å²) in [6.07, 6.45) is 0.142. The lowest BCUT2D eigenvalue weighted by Crippen LogP contribution is -2.09. The SMILES string of the molecule is C=C(C)C(=O)OCC1CO1.O=CO. The molecule has 0 saturated carbocycles. The molecular formula is C8H12O5. The number of hydrogen-bond acceptors (Lipinski definition) is 4. The Morgan fingerprint density at radius 2 is 2.31 bits per heavy atom. The first-order valence-electron chi connectivity index (χ1n) is 3.64. The van der Waals surface area contributed by atoms with Crippen LogP contribution in [-0.4, -0.2) is 36.9 Å². The predicted molar refractivity (Wildman–Crippen MR) is 44.2 cm³/mol. The zero-order chi connectivity index (χ0) is 10.3. The average molecular weight is 188 g/mol. The molecule has 1 unspecified atom stereocenters. The molecule has 0 aliphatic carbocycles. The van der Waals surface area contributed by atoms with E-state index in [1.807, 2.05) is 0 Å². The number of hydrogen-bond donors (Lipinski definition) is 1. The van der Waals surface area contributed by atoms with Gasteiger partial charge in [0.2, 0.25) is 0 Å². The summed E-state index contributed by atoms with van der Waals surface area (Å²) in [6.45, 7) is 5.89. The van der Waals surface area contributed by atoms with Crippen molar-refractivity contribution in [2.45, 2.75) is 13.0 Å². The smallest absolute Gasteiger partial charge is 0.333 e. The van der Waals surface area contributed by atoms with Crippen molar-refractivity contribution in [2.24, 2.45) is 0 Å². The third-order valence-corrected chi connectivity index (χ3v) is 1.15. The molecule has 5 heteroatoms. The molecule has 0 bridgehead atoms. The Hall–Kier alpha value is -1.36. The largest absolute Gasteiger partial charge is 0.483 e. The van der Waals surface area contributed by atoms with Crippen molar-refractivity contribution >= 4 is 12.4 Å². The Morgan fingerprint density at radius 1 is 1.85 bits per heavy atom. The molecule has 0 aromatic carbocycles. The Bertz CT molecular complexity index is 195. The molecule has 0 aromatic rings. The van der Waals surface area contributed by atoms with Gasteiger partial charge in [0.25, 0.3) is 6.47 Å². The van der Waals surface area contributed by atoms with E-state index in [0.717, 1.165) is 0 Å². The molecule has 74 valence electrons. The third-order valence-electron chi connectivity index (χ3n) is 1.15. The van der Waals surface area contributed by atoms with E-state index in [9.17, 15) is 4.79 Å². The van der Waals surface area contributed by atoms with E-state index in [1.165, 1.54) is 0 Å². The van der Waals surface area contributed by atoms with Crippen LogP contribution in [0.2, 0.25) is 0 Å². The van der Waals surface area contributed by atoms with Crippen LogP contribution in [0.3, 0.4) is 0 Å². The van der Waals surface area contributed by atoms with Gasteiger partial charge in [0.1, 0.15) is 12.7 Å². The van der Waals surface area contributed by atoms with E-state index < -0.39 is 0 Å². The fourth-order valence-electron chi connectivity index (χ4n) is 0.456. The Kier molecular flexibility index (Phi) is 5.54. The minimum Gasteiger partial charge on any atom is -0.483 e. The number of rotatable bonds is 3. The van der Waals surface area contributed by atoms with Gasteiger partial charge >= 0.3 is 5.97 Å². The summed E-state index contributed by atoms with van der Waals surface area (Å²) in [6, 6.07) is 0. The van der Waals surface area contributed by atoms with Gasteiger partial charge in [-0.2, -0.15) is 0 Å². The molecular weight excluding hydrogens is 176 g/mol. The molecule has 5 nitrogen and oxygen atoms in total. The van der Waals surface area contributed by atoms with Gasteiger partial charge in [-0.05, 0) is 6.92 Å². The predicted octanol–water partition coefficient (Wildman–Crippen LogP) is 0.205. The molecule has 1 atom stereocenters. The van der Waals surface area contributed by atoms with Gasteiger partial charge in [0.15, 0.2) is 0 Å². The van der Waals surface area contributed by atoms with Gasteiger partial charge in [0, 0.05) is 5.57 Å². The lowest BCUT2D eigenvalue weighted by Gasteiger charge is -1.99. The first kappa shape index (κ1) is 11.6. The lowest BCUT2D eigenvalue weighted by molar-refractivity contribution is -0.139. The van der Waals surface area contributed by atoms with E-state index in [2.05, 4.69) is 6.58 Å². The molecule has 1 heterocycles. The van der Waals surface area contributed by atoms with Crippen molar-refractivity contribution in [3.8, 4) is 0 Å². The molecule has 13 heavy (non-hydrogen) atoms. The van der Waals surface area contributed by atoms with E-state index in [-0.39, 0.29) is 18.5 Å².